The van der Waals surface area contributed by atoms with Crippen molar-refractivity contribution in [3.05, 3.63) is 65.7 Å². The molecule has 144 valence electrons. The molecule has 0 aliphatic heterocycles. The highest BCUT2D eigenvalue weighted by atomic mass is 32.1. The van der Waals surface area contributed by atoms with Gasteiger partial charge in [0.15, 0.2) is 0 Å². The Morgan fingerprint density at radius 2 is 1.75 bits per heavy atom. The Balaban J connectivity index is 1.70. The van der Waals surface area contributed by atoms with Gasteiger partial charge in [0.25, 0.3) is 5.91 Å². The van der Waals surface area contributed by atoms with Gasteiger partial charge in [-0.3, -0.25) is 14.9 Å². The third kappa shape index (κ3) is 4.80. The monoisotopic (exact) mass is 394 g/mol. The van der Waals surface area contributed by atoms with Gasteiger partial charge in [0, 0.05) is 11.1 Å². The Kier molecular flexibility index (Phi) is 6.16. The van der Waals surface area contributed by atoms with Crippen LogP contribution in [-0.4, -0.2) is 28.1 Å². The second-order valence-electron chi connectivity index (χ2n) is 6.83. The molecule has 7 heteroatoms. The summed E-state index contributed by atoms with van der Waals surface area (Å²) < 4.78 is 0. The van der Waals surface area contributed by atoms with Gasteiger partial charge in [-0.25, -0.2) is 0 Å². The highest BCUT2D eigenvalue weighted by molar-refractivity contribution is 7.18. The van der Waals surface area contributed by atoms with Crippen molar-refractivity contribution in [2.75, 3.05) is 5.32 Å². The van der Waals surface area contributed by atoms with E-state index in [1.54, 1.807) is 24.3 Å². The molecule has 6 nitrogen and oxygen atoms in total. The van der Waals surface area contributed by atoms with Crippen LogP contribution in [0, 0.1) is 12.8 Å². The van der Waals surface area contributed by atoms with E-state index in [-0.39, 0.29) is 17.7 Å². The molecule has 0 aliphatic carbocycles. The maximum atomic E-state index is 12.7. The van der Waals surface area contributed by atoms with Crippen molar-refractivity contribution in [2.45, 2.75) is 26.8 Å². The molecule has 0 aliphatic rings. The van der Waals surface area contributed by atoms with Crippen LogP contribution in [0.3, 0.4) is 0 Å². The lowest BCUT2D eigenvalue weighted by Gasteiger charge is -2.21. The third-order valence-corrected chi connectivity index (χ3v) is 5.08. The lowest BCUT2D eigenvalue weighted by Crippen LogP contribution is -2.47. The van der Waals surface area contributed by atoms with E-state index in [1.165, 1.54) is 11.3 Å². The first-order valence-electron chi connectivity index (χ1n) is 9.01. The molecule has 3 rings (SSSR count). The maximum absolute atomic E-state index is 12.7. The van der Waals surface area contributed by atoms with E-state index in [0.29, 0.717) is 10.7 Å². The van der Waals surface area contributed by atoms with Gasteiger partial charge in [-0.2, -0.15) is 0 Å². The summed E-state index contributed by atoms with van der Waals surface area (Å²) >= 11 is 1.30. The second kappa shape index (κ2) is 8.75. The van der Waals surface area contributed by atoms with E-state index in [1.807, 2.05) is 51.1 Å². The molecule has 2 N–H and O–H groups in total. The van der Waals surface area contributed by atoms with Crippen molar-refractivity contribution < 1.29 is 9.59 Å². The molecular formula is C21H22N4O2S. The molecule has 0 unspecified atom stereocenters. The quantitative estimate of drug-likeness (QED) is 0.664. The molecular weight excluding hydrogens is 372 g/mol. The standard InChI is InChI=1S/C21H22N4O2S/c1-13(2)17(22-18(26)15-9-5-4-6-10-15)19(27)23-21-25-24-20(28-21)16-11-7-8-14(3)12-16/h4-13,17H,1-3H3,(H,22,26)(H,23,25,27)/t17-/m1/s1. The Morgan fingerprint density at radius 1 is 1.00 bits per heavy atom. The number of aromatic nitrogens is 2. The first-order chi connectivity index (χ1) is 13.4. The largest absolute Gasteiger partial charge is 0.340 e. The SMILES string of the molecule is Cc1cccc(-c2nnc(NC(=O)[C@H](NC(=O)c3ccccc3)C(C)C)s2)c1. The lowest BCUT2D eigenvalue weighted by molar-refractivity contribution is -0.118. The van der Waals surface area contributed by atoms with Crippen LogP contribution in [0.5, 0.6) is 0 Å². The first-order valence-corrected chi connectivity index (χ1v) is 9.83. The number of anilines is 1. The van der Waals surface area contributed by atoms with Crippen molar-refractivity contribution in [1.29, 1.82) is 0 Å². The Morgan fingerprint density at radius 3 is 2.43 bits per heavy atom. The van der Waals surface area contributed by atoms with Gasteiger partial charge in [0.2, 0.25) is 11.0 Å². The van der Waals surface area contributed by atoms with E-state index in [9.17, 15) is 9.59 Å². The summed E-state index contributed by atoms with van der Waals surface area (Å²) in [5, 5.41) is 14.9. The first kappa shape index (κ1) is 19.7. The predicted octanol–water partition coefficient (Wildman–Crippen LogP) is 3.91. The van der Waals surface area contributed by atoms with Crippen molar-refractivity contribution in [1.82, 2.24) is 15.5 Å². The van der Waals surface area contributed by atoms with Crippen molar-refractivity contribution in [3.8, 4) is 10.6 Å². The number of benzene rings is 2. The molecule has 28 heavy (non-hydrogen) atoms. The summed E-state index contributed by atoms with van der Waals surface area (Å²) in [5.74, 6) is -0.685. The summed E-state index contributed by atoms with van der Waals surface area (Å²) in [6, 6.07) is 16.1. The number of nitrogens with zero attached hydrogens (tertiary/aromatic N) is 2. The number of amides is 2. The molecule has 2 aromatic carbocycles. The number of rotatable bonds is 6. The van der Waals surface area contributed by atoms with Crippen LogP contribution in [-0.2, 0) is 4.79 Å². The van der Waals surface area contributed by atoms with Crippen LogP contribution in [0.2, 0.25) is 0 Å². The van der Waals surface area contributed by atoms with Crippen molar-refractivity contribution in [3.63, 3.8) is 0 Å². The second-order valence-corrected chi connectivity index (χ2v) is 7.81. The fourth-order valence-corrected chi connectivity index (χ4v) is 3.44. The van der Waals surface area contributed by atoms with E-state index < -0.39 is 6.04 Å². The Hall–Kier alpha value is -3.06. The van der Waals surface area contributed by atoms with Crippen LogP contribution >= 0.6 is 11.3 Å². The Bertz CT molecular complexity index is 969. The molecule has 2 amide bonds. The third-order valence-electron chi connectivity index (χ3n) is 4.19. The summed E-state index contributed by atoms with van der Waals surface area (Å²) in [4.78, 5) is 25.2. The molecule has 0 fully saturated rings. The fourth-order valence-electron chi connectivity index (χ4n) is 2.70. The van der Waals surface area contributed by atoms with Gasteiger partial charge in [-0.1, -0.05) is 67.1 Å². The molecule has 1 heterocycles. The zero-order chi connectivity index (χ0) is 20.1. The number of nitrogens with one attached hydrogen (secondary N) is 2. The smallest absolute Gasteiger partial charge is 0.251 e. The van der Waals surface area contributed by atoms with Gasteiger partial charge in [0.1, 0.15) is 11.0 Å². The van der Waals surface area contributed by atoms with E-state index >= 15 is 0 Å². The van der Waals surface area contributed by atoms with E-state index in [0.717, 1.165) is 16.1 Å². The van der Waals surface area contributed by atoms with Crippen LogP contribution in [0.4, 0.5) is 5.13 Å². The lowest BCUT2D eigenvalue weighted by atomic mass is 10.0. The van der Waals surface area contributed by atoms with E-state index in [4.69, 9.17) is 0 Å². The fraction of sp³-hybridized carbons (Fsp3) is 0.238. The summed E-state index contributed by atoms with van der Waals surface area (Å²) in [6.45, 7) is 5.78. The number of hydrogen-bond donors (Lipinski definition) is 2. The Labute approximate surface area is 168 Å². The number of hydrogen-bond acceptors (Lipinski definition) is 5. The normalized spacial score (nSPS) is 11.9. The van der Waals surface area contributed by atoms with Crippen LogP contribution in [0.25, 0.3) is 10.6 Å². The van der Waals surface area contributed by atoms with Gasteiger partial charge < -0.3 is 5.32 Å². The van der Waals surface area contributed by atoms with Crippen molar-refractivity contribution >= 4 is 28.3 Å². The van der Waals surface area contributed by atoms with Gasteiger partial charge in [0.05, 0.1) is 0 Å². The molecule has 3 aromatic rings. The minimum atomic E-state index is -0.681. The average molecular weight is 395 g/mol. The van der Waals surface area contributed by atoms with Gasteiger partial charge >= 0.3 is 0 Å². The zero-order valence-electron chi connectivity index (χ0n) is 16.0. The average Bonchev–Trinajstić information content (AvgIpc) is 3.14. The van der Waals surface area contributed by atoms with Gasteiger partial charge in [-0.15, -0.1) is 10.2 Å². The highest BCUT2D eigenvalue weighted by Crippen LogP contribution is 2.27. The molecule has 0 bridgehead atoms. The predicted molar refractivity (Wildman–Crippen MR) is 111 cm³/mol. The molecule has 0 radical (unpaired) electrons. The molecule has 0 spiro atoms. The minimum Gasteiger partial charge on any atom is -0.340 e. The summed E-state index contributed by atoms with van der Waals surface area (Å²) in [6.07, 6.45) is 0. The van der Waals surface area contributed by atoms with Crippen LogP contribution in [0.1, 0.15) is 29.8 Å². The van der Waals surface area contributed by atoms with Crippen molar-refractivity contribution in [2.24, 2.45) is 5.92 Å². The number of carbonyl (C=O) groups excluding carboxylic acids is 2. The van der Waals surface area contributed by atoms with E-state index in [2.05, 4.69) is 20.8 Å². The topological polar surface area (TPSA) is 84.0 Å². The summed E-state index contributed by atoms with van der Waals surface area (Å²) in [5.41, 5.74) is 2.59. The van der Waals surface area contributed by atoms with Crippen LogP contribution < -0.4 is 10.6 Å². The maximum Gasteiger partial charge on any atom is 0.251 e. The number of carbonyl (C=O) groups is 2. The molecule has 1 atom stereocenters. The van der Waals surface area contributed by atoms with Crippen LogP contribution in [0.15, 0.2) is 54.6 Å². The molecule has 1 aromatic heterocycles. The summed E-state index contributed by atoms with van der Waals surface area (Å²) in [7, 11) is 0. The van der Waals surface area contributed by atoms with Gasteiger partial charge in [-0.05, 0) is 31.0 Å². The zero-order valence-corrected chi connectivity index (χ0v) is 16.8. The highest BCUT2D eigenvalue weighted by Gasteiger charge is 2.25. The number of aryl methyl sites for hydroxylation is 1. The molecule has 0 saturated heterocycles. The minimum absolute atomic E-state index is 0.0863. The molecule has 0 saturated carbocycles.